The summed E-state index contributed by atoms with van der Waals surface area (Å²) in [5, 5.41) is 17.9. The molecule has 4 nitrogen and oxygen atoms in total. The maximum Gasteiger partial charge on any atom is 0.895 e. The number of carboxylic acids is 2. The van der Waals surface area contributed by atoms with Gasteiger partial charge in [0, 0.05) is 0 Å². The average molecular weight is 146 g/mol. The highest BCUT2D eigenvalue weighted by Gasteiger charge is 2.02. The van der Waals surface area contributed by atoms with Gasteiger partial charge in [0.25, 0.3) is 0 Å². The van der Waals surface area contributed by atoms with Gasteiger partial charge >= 0.3 is 9.52 Å². The SMILES string of the molecule is C[Si+2]C.O=C([O-])C(=O)[O-]. The molecule has 50 valence electrons. The van der Waals surface area contributed by atoms with E-state index in [2.05, 4.69) is 13.1 Å². The van der Waals surface area contributed by atoms with Crippen LogP contribution >= 0.6 is 0 Å². The summed E-state index contributed by atoms with van der Waals surface area (Å²) >= 11 is 0. The van der Waals surface area contributed by atoms with Gasteiger partial charge in [-0.25, -0.2) is 0 Å². The summed E-state index contributed by atoms with van der Waals surface area (Å²) in [6.45, 7) is 4.31. The summed E-state index contributed by atoms with van der Waals surface area (Å²) in [4.78, 5) is 17.9. The zero-order chi connectivity index (χ0) is 7.86. The van der Waals surface area contributed by atoms with Crippen LogP contribution in [0.2, 0.25) is 13.1 Å². The van der Waals surface area contributed by atoms with E-state index in [-0.39, 0.29) is 0 Å². The normalized spacial score (nSPS) is 6.00. The summed E-state index contributed by atoms with van der Waals surface area (Å²) in [6, 6.07) is 0. The molecule has 0 rings (SSSR count). The predicted octanol–water partition coefficient (Wildman–Crippen LogP) is -2.73. The highest BCUT2D eigenvalue weighted by Crippen LogP contribution is 1.41. The van der Waals surface area contributed by atoms with Crippen molar-refractivity contribution >= 4 is 21.5 Å². The first kappa shape index (κ1) is 11.0. The molecule has 0 heterocycles. The van der Waals surface area contributed by atoms with E-state index < -0.39 is 11.9 Å². The minimum atomic E-state index is -2.19. The van der Waals surface area contributed by atoms with Crippen molar-refractivity contribution in [2.24, 2.45) is 0 Å². The maximum absolute atomic E-state index is 8.93. The topological polar surface area (TPSA) is 80.3 Å². The van der Waals surface area contributed by atoms with E-state index in [9.17, 15) is 0 Å². The maximum atomic E-state index is 8.93. The number of carbonyl (C=O) groups excluding carboxylic acids is 2. The molecular weight excluding hydrogens is 140 g/mol. The van der Waals surface area contributed by atoms with Gasteiger partial charge in [0.1, 0.15) is 0 Å². The fourth-order valence-electron chi connectivity index (χ4n) is 0. The lowest BCUT2D eigenvalue weighted by atomic mass is 10.7. The largest absolute Gasteiger partial charge is 0.895 e. The van der Waals surface area contributed by atoms with Gasteiger partial charge in [-0.2, -0.15) is 0 Å². The first-order valence-corrected chi connectivity index (χ1v) is 4.07. The van der Waals surface area contributed by atoms with Crippen molar-refractivity contribution < 1.29 is 19.8 Å². The Balaban J connectivity index is 0. The van der Waals surface area contributed by atoms with Gasteiger partial charge < -0.3 is 19.8 Å². The summed E-state index contributed by atoms with van der Waals surface area (Å²) in [6.07, 6.45) is 0. The Bertz CT molecular complexity index is 88.7. The third-order valence-corrected chi connectivity index (χ3v) is 0.167. The molecule has 0 fully saturated rings. The highest BCUT2D eigenvalue weighted by atomic mass is 28.2. The molecule has 0 unspecified atom stereocenters. The first-order chi connectivity index (χ1) is 4.06. The molecule has 0 aliphatic heterocycles. The van der Waals surface area contributed by atoms with E-state index in [0.717, 1.165) is 9.52 Å². The number of aliphatic carboxylic acids is 2. The summed E-state index contributed by atoms with van der Waals surface area (Å²) in [5.74, 6) is -4.37. The second-order valence-electron chi connectivity index (χ2n) is 1.07. The molecule has 0 atom stereocenters. The summed E-state index contributed by atoms with van der Waals surface area (Å²) in [7, 11) is 1.08. The molecule has 0 spiro atoms. The monoisotopic (exact) mass is 146 g/mol. The van der Waals surface area contributed by atoms with Crippen LogP contribution < -0.4 is 10.2 Å². The molecular formula is C4H6O4Si. The van der Waals surface area contributed by atoms with Gasteiger partial charge in [-0.1, -0.05) is 0 Å². The Labute approximate surface area is 55.3 Å². The molecule has 0 saturated carbocycles. The molecule has 0 aromatic carbocycles. The smallest absolute Gasteiger partial charge is 0.543 e. The molecule has 9 heavy (non-hydrogen) atoms. The number of carboxylic acid groups (broad SMARTS) is 2. The molecule has 0 aromatic heterocycles. The fourth-order valence-corrected chi connectivity index (χ4v) is 0. The molecule has 0 N–H and O–H groups in total. The molecule has 0 aliphatic rings. The van der Waals surface area contributed by atoms with Crippen LogP contribution in [0.25, 0.3) is 0 Å². The lowest BCUT2D eigenvalue weighted by Gasteiger charge is -1.97. The zero-order valence-electron chi connectivity index (χ0n) is 5.13. The Morgan fingerprint density at radius 1 is 1.11 bits per heavy atom. The van der Waals surface area contributed by atoms with Gasteiger partial charge in [0.15, 0.2) is 0 Å². The van der Waals surface area contributed by atoms with Crippen LogP contribution in [0.5, 0.6) is 0 Å². The standard InChI is InChI=1S/C2H2O4.C2H6Si/c3-1(4)2(5)6;1-3-2/h(H,3,4)(H,5,6);1-2H3/q;+2/p-2. The Kier molecular flexibility index (Phi) is 8.76. The number of carbonyl (C=O) groups is 2. The molecule has 0 amide bonds. The first-order valence-electron chi connectivity index (χ1n) is 2.07. The lowest BCUT2D eigenvalue weighted by Crippen LogP contribution is -2.42. The van der Waals surface area contributed by atoms with Crippen LogP contribution in [0.15, 0.2) is 0 Å². The van der Waals surface area contributed by atoms with Crippen molar-refractivity contribution in [3.8, 4) is 0 Å². The van der Waals surface area contributed by atoms with E-state index in [0.29, 0.717) is 0 Å². The van der Waals surface area contributed by atoms with Crippen LogP contribution in [0.3, 0.4) is 0 Å². The van der Waals surface area contributed by atoms with Crippen molar-refractivity contribution in [2.45, 2.75) is 13.1 Å². The van der Waals surface area contributed by atoms with Crippen molar-refractivity contribution in [1.82, 2.24) is 0 Å². The molecule has 0 aromatic rings. The van der Waals surface area contributed by atoms with Crippen LogP contribution in [0.1, 0.15) is 0 Å². The Morgan fingerprint density at radius 2 is 1.22 bits per heavy atom. The molecule has 5 heteroatoms. The van der Waals surface area contributed by atoms with Crippen LogP contribution in [-0.4, -0.2) is 21.5 Å². The van der Waals surface area contributed by atoms with Gasteiger partial charge in [-0.3, -0.25) is 0 Å². The molecule has 0 aliphatic carbocycles. The molecule has 0 bridgehead atoms. The quantitative estimate of drug-likeness (QED) is 0.274. The van der Waals surface area contributed by atoms with Gasteiger partial charge in [0.2, 0.25) is 13.1 Å². The summed E-state index contributed by atoms with van der Waals surface area (Å²) < 4.78 is 0. The minimum Gasteiger partial charge on any atom is -0.543 e. The third kappa shape index (κ3) is 19.1. The second kappa shape index (κ2) is 7.16. The van der Waals surface area contributed by atoms with Gasteiger partial charge in [0.05, 0.1) is 11.9 Å². The minimum absolute atomic E-state index is 1.08. The van der Waals surface area contributed by atoms with E-state index >= 15 is 0 Å². The predicted molar refractivity (Wildman–Crippen MR) is 27.5 cm³/mol. The average Bonchev–Trinajstić information content (AvgIpc) is 1.68. The Morgan fingerprint density at radius 3 is 1.22 bits per heavy atom. The van der Waals surface area contributed by atoms with Crippen LogP contribution in [0.4, 0.5) is 0 Å². The molecule has 0 saturated heterocycles. The van der Waals surface area contributed by atoms with Crippen molar-refractivity contribution in [3.63, 3.8) is 0 Å². The Hall–Kier alpha value is -0.843. The van der Waals surface area contributed by atoms with E-state index in [4.69, 9.17) is 19.8 Å². The summed E-state index contributed by atoms with van der Waals surface area (Å²) in [5.41, 5.74) is 0. The van der Waals surface area contributed by atoms with E-state index in [1.54, 1.807) is 0 Å². The van der Waals surface area contributed by atoms with Crippen molar-refractivity contribution in [3.05, 3.63) is 0 Å². The van der Waals surface area contributed by atoms with E-state index in [1.165, 1.54) is 0 Å². The van der Waals surface area contributed by atoms with Crippen molar-refractivity contribution in [2.75, 3.05) is 0 Å². The third-order valence-electron chi connectivity index (χ3n) is 0.167. The van der Waals surface area contributed by atoms with Crippen molar-refractivity contribution in [1.29, 1.82) is 0 Å². The van der Waals surface area contributed by atoms with Crippen LogP contribution in [0, 0.1) is 0 Å². The lowest BCUT2D eigenvalue weighted by molar-refractivity contribution is -0.345. The zero-order valence-corrected chi connectivity index (χ0v) is 6.13. The van der Waals surface area contributed by atoms with E-state index in [1.807, 2.05) is 0 Å². The number of rotatable bonds is 0. The second-order valence-corrected chi connectivity index (χ2v) is 2.07. The van der Waals surface area contributed by atoms with Gasteiger partial charge in [-0.05, 0) is 0 Å². The highest BCUT2D eigenvalue weighted by molar-refractivity contribution is 6.31. The molecule has 0 radical (unpaired) electrons. The van der Waals surface area contributed by atoms with Crippen LogP contribution in [-0.2, 0) is 9.59 Å². The fraction of sp³-hybridized carbons (Fsp3) is 0.500. The number of hydrogen-bond donors (Lipinski definition) is 0. The number of hydrogen-bond acceptors (Lipinski definition) is 4. The van der Waals surface area contributed by atoms with Gasteiger partial charge in [-0.15, -0.1) is 0 Å².